The molecule has 11 nitrogen and oxygen atoms in total. The molecular weight excluding hydrogens is 464 g/mol. The highest BCUT2D eigenvalue weighted by atomic mass is 16.2. The number of para-hydroxylation sites is 1. The third-order valence-electron chi connectivity index (χ3n) is 6.37. The van der Waals surface area contributed by atoms with Gasteiger partial charge >= 0.3 is 6.03 Å². The molecule has 5 amide bonds. The van der Waals surface area contributed by atoms with Crippen molar-refractivity contribution in [1.82, 2.24) is 31.2 Å². The highest BCUT2D eigenvalue weighted by Gasteiger charge is 2.40. The first-order chi connectivity index (χ1) is 17.2. The standard InChI is InChI=1S/C25H32N6O5/c1-14(2)11-28-24(35)21(32)19(13-31-10-9-26-25(31)36)29-23(34)20(15-7-8-15)30-22(33)17-12-27-18-6-4-3-5-16(17)18/h3-6,12,14-15,19-20,27H,7-11,13H2,1-2H3,(H,26,36)(H,28,35)(H,29,34)(H,30,33)/t19-,20-/m0/s1. The number of H-pyrrole nitrogens is 1. The zero-order valence-corrected chi connectivity index (χ0v) is 20.4. The molecule has 2 heterocycles. The van der Waals surface area contributed by atoms with Crippen molar-refractivity contribution < 1.29 is 24.0 Å². The highest BCUT2D eigenvalue weighted by Crippen LogP contribution is 2.33. The van der Waals surface area contributed by atoms with Crippen molar-refractivity contribution in [2.45, 2.75) is 38.8 Å². The Morgan fingerprint density at radius 2 is 1.86 bits per heavy atom. The fourth-order valence-electron chi connectivity index (χ4n) is 4.21. The van der Waals surface area contributed by atoms with Crippen molar-refractivity contribution >= 4 is 40.4 Å². The Kier molecular flexibility index (Phi) is 7.56. The van der Waals surface area contributed by atoms with Crippen molar-refractivity contribution in [3.63, 3.8) is 0 Å². The van der Waals surface area contributed by atoms with Crippen LogP contribution in [0, 0.1) is 11.8 Å². The number of carbonyl (C=O) groups excluding carboxylic acids is 5. The van der Waals surface area contributed by atoms with E-state index in [4.69, 9.17) is 0 Å². The molecule has 2 aromatic rings. The molecule has 1 aliphatic heterocycles. The van der Waals surface area contributed by atoms with Crippen LogP contribution in [0.3, 0.4) is 0 Å². The summed E-state index contributed by atoms with van der Waals surface area (Å²) in [5, 5.41) is 11.4. The van der Waals surface area contributed by atoms with E-state index in [1.807, 2.05) is 38.1 Å². The molecule has 1 saturated carbocycles. The lowest BCUT2D eigenvalue weighted by Crippen LogP contribution is -2.58. The summed E-state index contributed by atoms with van der Waals surface area (Å²) in [6.07, 6.45) is 3.11. The second kappa shape index (κ2) is 10.8. The molecule has 0 radical (unpaired) electrons. The third-order valence-corrected chi connectivity index (χ3v) is 6.37. The lowest BCUT2D eigenvalue weighted by molar-refractivity contribution is -0.140. The van der Waals surface area contributed by atoms with Crippen LogP contribution in [0.25, 0.3) is 10.9 Å². The van der Waals surface area contributed by atoms with E-state index in [1.165, 1.54) is 4.90 Å². The van der Waals surface area contributed by atoms with Crippen molar-refractivity contribution in [1.29, 1.82) is 0 Å². The number of fused-ring (bicyclic) bond motifs is 1. The van der Waals surface area contributed by atoms with Crippen molar-refractivity contribution in [3.8, 4) is 0 Å². The van der Waals surface area contributed by atoms with Crippen molar-refractivity contribution in [2.75, 3.05) is 26.2 Å². The number of rotatable bonds is 11. The Morgan fingerprint density at radius 1 is 1.11 bits per heavy atom. The quantitative estimate of drug-likeness (QED) is 0.287. The van der Waals surface area contributed by atoms with Crippen LogP contribution in [0.15, 0.2) is 30.5 Å². The van der Waals surface area contributed by atoms with Gasteiger partial charge in [0.2, 0.25) is 11.7 Å². The summed E-state index contributed by atoms with van der Waals surface area (Å²) < 4.78 is 0. The molecule has 4 rings (SSSR count). The molecule has 192 valence electrons. The molecule has 1 aromatic carbocycles. The first kappa shape index (κ1) is 25.2. The summed E-state index contributed by atoms with van der Waals surface area (Å²) in [6.45, 7) is 4.73. The van der Waals surface area contributed by atoms with Gasteiger partial charge in [0.15, 0.2) is 0 Å². The second-order valence-electron chi connectivity index (χ2n) is 9.74. The van der Waals surface area contributed by atoms with Gasteiger partial charge < -0.3 is 31.2 Å². The van der Waals surface area contributed by atoms with E-state index in [0.717, 1.165) is 23.7 Å². The Balaban J connectivity index is 1.48. The van der Waals surface area contributed by atoms with Gasteiger partial charge in [-0.25, -0.2) is 4.79 Å². The highest BCUT2D eigenvalue weighted by molar-refractivity contribution is 6.38. The average Bonchev–Trinajstić information content (AvgIpc) is 3.48. The molecule has 1 saturated heterocycles. The summed E-state index contributed by atoms with van der Waals surface area (Å²) >= 11 is 0. The first-order valence-corrected chi connectivity index (χ1v) is 12.3. The maximum atomic E-state index is 13.3. The summed E-state index contributed by atoms with van der Waals surface area (Å²) in [6, 6.07) is 4.89. The van der Waals surface area contributed by atoms with Gasteiger partial charge in [-0.1, -0.05) is 32.0 Å². The number of ketones is 1. The number of carbonyl (C=O) groups is 5. The molecule has 5 N–H and O–H groups in total. The predicted molar refractivity (Wildman–Crippen MR) is 132 cm³/mol. The van der Waals surface area contributed by atoms with E-state index in [9.17, 15) is 24.0 Å². The Labute approximate surface area is 208 Å². The van der Waals surface area contributed by atoms with Gasteiger partial charge in [-0.15, -0.1) is 0 Å². The molecule has 2 atom stereocenters. The van der Waals surface area contributed by atoms with Gasteiger partial charge in [0.05, 0.1) is 12.1 Å². The maximum Gasteiger partial charge on any atom is 0.317 e. The SMILES string of the molecule is CC(C)CNC(=O)C(=O)[C@H](CN1CCNC1=O)NC(=O)[C@@H](NC(=O)c1c[nH]c2ccccc12)C1CC1. The fourth-order valence-corrected chi connectivity index (χ4v) is 4.21. The lowest BCUT2D eigenvalue weighted by Gasteiger charge is -2.25. The summed E-state index contributed by atoms with van der Waals surface area (Å²) in [5.41, 5.74) is 1.22. The van der Waals surface area contributed by atoms with Crippen LogP contribution in [-0.4, -0.2) is 77.7 Å². The van der Waals surface area contributed by atoms with E-state index in [1.54, 1.807) is 6.20 Å². The number of nitrogens with one attached hydrogen (secondary N) is 5. The lowest BCUT2D eigenvalue weighted by atomic mass is 10.1. The van der Waals surface area contributed by atoms with Crippen LogP contribution >= 0.6 is 0 Å². The molecule has 1 aliphatic carbocycles. The molecule has 0 spiro atoms. The van der Waals surface area contributed by atoms with Gasteiger partial charge in [-0.2, -0.15) is 0 Å². The number of urea groups is 1. The van der Waals surface area contributed by atoms with Crippen LogP contribution in [0.4, 0.5) is 4.79 Å². The molecule has 1 aromatic heterocycles. The zero-order chi connectivity index (χ0) is 25.8. The summed E-state index contributed by atoms with van der Waals surface area (Å²) in [5.74, 6) is -2.55. The number of aromatic nitrogens is 1. The minimum atomic E-state index is -1.24. The Hall–Kier alpha value is -3.89. The fraction of sp³-hybridized carbons (Fsp3) is 0.480. The van der Waals surface area contributed by atoms with Gasteiger partial charge in [0.1, 0.15) is 12.1 Å². The van der Waals surface area contributed by atoms with E-state index in [0.29, 0.717) is 25.2 Å². The predicted octanol–water partition coefficient (Wildman–Crippen LogP) is 0.528. The largest absolute Gasteiger partial charge is 0.360 e. The number of hydrogen-bond acceptors (Lipinski definition) is 5. The van der Waals surface area contributed by atoms with Crippen LogP contribution in [-0.2, 0) is 14.4 Å². The van der Waals surface area contributed by atoms with E-state index >= 15 is 0 Å². The number of hydrogen-bond donors (Lipinski definition) is 5. The van der Waals surface area contributed by atoms with Gasteiger partial charge in [-0.3, -0.25) is 19.2 Å². The number of nitrogens with zero attached hydrogens (tertiary/aromatic N) is 1. The van der Waals surface area contributed by atoms with E-state index in [-0.39, 0.29) is 24.4 Å². The van der Waals surface area contributed by atoms with Crippen LogP contribution < -0.4 is 21.3 Å². The van der Waals surface area contributed by atoms with E-state index < -0.39 is 35.6 Å². The number of benzene rings is 1. The summed E-state index contributed by atoms with van der Waals surface area (Å²) in [7, 11) is 0. The molecule has 36 heavy (non-hydrogen) atoms. The van der Waals surface area contributed by atoms with Gasteiger partial charge in [-0.05, 0) is 30.7 Å². The molecule has 2 aliphatic rings. The third kappa shape index (κ3) is 5.84. The number of Topliss-reactive ketones (excluding diaryl/α,β-unsaturated/α-hetero) is 1. The monoisotopic (exact) mass is 496 g/mol. The number of amides is 5. The van der Waals surface area contributed by atoms with Crippen LogP contribution in [0.5, 0.6) is 0 Å². The maximum absolute atomic E-state index is 13.3. The minimum absolute atomic E-state index is 0.0697. The smallest absolute Gasteiger partial charge is 0.317 e. The van der Waals surface area contributed by atoms with Gasteiger partial charge in [0, 0.05) is 36.7 Å². The average molecular weight is 497 g/mol. The molecule has 11 heteroatoms. The van der Waals surface area contributed by atoms with Crippen molar-refractivity contribution in [3.05, 3.63) is 36.0 Å². The van der Waals surface area contributed by atoms with Crippen LogP contribution in [0.2, 0.25) is 0 Å². The zero-order valence-electron chi connectivity index (χ0n) is 20.4. The molecule has 0 unspecified atom stereocenters. The van der Waals surface area contributed by atoms with E-state index in [2.05, 4.69) is 26.3 Å². The molecule has 0 bridgehead atoms. The van der Waals surface area contributed by atoms with Gasteiger partial charge in [0.25, 0.3) is 11.8 Å². The first-order valence-electron chi connectivity index (χ1n) is 12.3. The normalized spacial score (nSPS) is 17.0. The van der Waals surface area contributed by atoms with Crippen molar-refractivity contribution in [2.24, 2.45) is 11.8 Å². The molecule has 2 fully saturated rings. The second-order valence-corrected chi connectivity index (χ2v) is 9.74. The Morgan fingerprint density at radius 3 is 2.53 bits per heavy atom. The molecular formula is C25H32N6O5. The number of aromatic amines is 1. The summed E-state index contributed by atoms with van der Waals surface area (Å²) in [4.78, 5) is 68.3. The minimum Gasteiger partial charge on any atom is -0.360 e. The Bertz CT molecular complexity index is 1170. The topological polar surface area (TPSA) is 152 Å². The van der Waals surface area contributed by atoms with Crippen LogP contribution in [0.1, 0.15) is 37.0 Å².